The Kier molecular flexibility index (Phi) is 6.62. The van der Waals surface area contributed by atoms with Gasteiger partial charge in [0.15, 0.2) is 5.17 Å². The zero-order chi connectivity index (χ0) is 15.8. The quantitative estimate of drug-likeness (QED) is 0.479. The third-order valence-corrected chi connectivity index (χ3v) is 4.11. The highest BCUT2D eigenvalue weighted by Gasteiger charge is 2.04. The summed E-state index contributed by atoms with van der Waals surface area (Å²) in [4.78, 5) is 4.49. The molecular weight excluding hydrogens is 316 g/mol. The van der Waals surface area contributed by atoms with Crippen LogP contribution in [-0.2, 0) is 0 Å². The SMILES string of the molecule is C[C@@H](N=C(N)SCCOc1ccccc1Cl)c1ccccc1. The van der Waals surface area contributed by atoms with E-state index >= 15 is 0 Å². The predicted octanol–water partition coefficient (Wildman–Crippen LogP) is 4.53. The predicted molar refractivity (Wildman–Crippen MR) is 95.9 cm³/mol. The summed E-state index contributed by atoms with van der Waals surface area (Å²) in [5.74, 6) is 1.42. The highest BCUT2D eigenvalue weighted by molar-refractivity contribution is 8.13. The number of amidine groups is 1. The van der Waals surface area contributed by atoms with Gasteiger partial charge in [0.1, 0.15) is 5.75 Å². The molecule has 0 aliphatic carbocycles. The molecule has 22 heavy (non-hydrogen) atoms. The Balaban J connectivity index is 1.77. The fourth-order valence-electron chi connectivity index (χ4n) is 1.89. The molecule has 0 saturated carbocycles. The first-order valence-corrected chi connectivity index (χ1v) is 8.41. The summed E-state index contributed by atoms with van der Waals surface area (Å²) in [7, 11) is 0. The Morgan fingerprint density at radius 2 is 1.86 bits per heavy atom. The van der Waals surface area contributed by atoms with Gasteiger partial charge in [0.2, 0.25) is 0 Å². The lowest BCUT2D eigenvalue weighted by Crippen LogP contribution is -2.12. The fourth-order valence-corrected chi connectivity index (χ4v) is 2.69. The van der Waals surface area contributed by atoms with Crippen LogP contribution >= 0.6 is 23.4 Å². The van der Waals surface area contributed by atoms with E-state index in [1.54, 1.807) is 6.07 Å². The Morgan fingerprint density at radius 3 is 2.59 bits per heavy atom. The van der Waals surface area contributed by atoms with E-state index in [2.05, 4.69) is 4.99 Å². The van der Waals surface area contributed by atoms with Crippen molar-refractivity contribution in [2.75, 3.05) is 12.4 Å². The van der Waals surface area contributed by atoms with Crippen LogP contribution in [0.25, 0.3) is 0 Å². The maximum atomic E-state index is 6.02. The molecule has 0 amide bonds. The van der Waals surface area contributed by atoms with Crippen LogP contribution in [-0.4, -0.2) is 17.5 Å². The molecule has 116 valence electrons. The summed E-state index contributed by atoms with van der Waals surface area (Å²) >= 11 is 7.51. The first kappa shape index (κ1) is 16.7. The van der Waals surface area contributed by atoms with Gasteiger partial charge in [-0.15, -0.1) is 0 Å². The third kappa shape index (κ3) is 5.28. The molecule has 2 N–H and O–H groups in total. The van der Waals surface area contributed by atoms with Crippen molar-refractivity contribution in [3.8, 4) is 5.75 Å². The first-order valence-electron chi connectivity index (χ1n) is 7.05. The van der Waals surface area contributed by atoms with Crippen LogP contribution in [0.3, 0.4) is 0 Å². The van der Waals surface area contributed by atoms with E-state index in [1.165, 1.54) is 11.8 Å². The lowest BCUT2D eigenvalue weighted by atomic mass is 10.1. The van der Waals surface area contributed by atoms with Crippen LogP contribution in [0, 0.1) is 0 Å². The number of nitrogens with zero attached hydrogens (tertiary/aromatic N) is 1. The maximum absolute atomic E-state index is 6.02. The van der Waals surface area contributed by atoms with Crippen molar-refractivity contribution in [1.29, 1.82) is 0 Å². The molecule has 1 atom stereocenters. The molecule has 0 radical (unpaired) electrons. The minimum atomic E-state index is 0.0539. The number of rotatable bonds is 6. The van der Waals surface area contributed by atoms with E-state index in [-0.39, 0.29) is 6.04 Å². The number of thioether (sulfide) groups is 1. The molecule has 0 unspecified atom stereocenters. The summed E-state index contributed by atoms with van der Waals surface area (Å²) < 4.78 is 5.61. The van der Waals surface area contributed by atoms with Gasteiger partial charge >= 0.3 is 0 Å². The molecule has 2 rings (SSSR count). The second kappa shape index (κ2) is 8.71. The summed E-state index contributed by atoms with van der Waals surface area (Å²) in [5, 5.41) is 1.19. The topological polar surface area (TPSA) is 47.6 Å². The van der Waals surface area contributed by atoms with Crippen molar-refractivity contribution in [1.82, 2.24) is 0 Å². The van der Waals surface area contributed by atoms with Gasteiger partial charge in [-0.25, -0.2) is 0 Å². The minimum Gasteiger partial charge on any atom is -0.491 e. The van der Waals surface area contributed by atoms with Gasteiger partial charge in [-0.3, -0.25) is 4.99 Å². The standard InChI is InChI=1S/C17H19ClN2OS/c1-13(14-7-3-2-4-8-14)20-17(19)22-12-11-21-16-10-6-5-9-15(16)18/h2-10,13H,11-12H2,1H3,(H2,19,20)/t13-/m1/s1. The van der Waals surface area contributed by atoms with Gasteiger partial charge in [-0.05, 0) is 24.6 Å². The third-order valence-electron chi connectivity index (χ3n) is 3.03. The van der Waals surface area contributed by atoms with E-state index in [1.807, 2.05) is 55.5 Å². The zero-order valence-electron chi connectivity index (χ0n) is 12.4. The van der Waals surface area contributed by atoms with Crippen molar-refractivity contribution in [2.45, 2.75) is 13.0 Å². The van der Waals surface area contributed by atoms with Crippen molar-refractivity contribution in [3.05, 3.63) is 65.2 Å². The van der Waals surface area contributed by atoms with Crippen molar-refractivity contribution in [3.63, 3.8) is 0 Å². The number of benzene rings is 2. The van der Waals surface area contributed by atoms with Crippen LogP contribution in [0.4, 0.5) is 0 Å². The smallest absolute Gasteiger partial charge is 0.154 e. The molecule has 2 aromatic rings. The number of para-hydroxylation sites is 1. The van der Waals surface area contributed by atoms with Gasteiger partial charge in [0, 0.05) is 5.75 Å². The summed E-state index contributed by atoms with van der Waals surface area (Å²) in [6.45, 7) is 2.56. The van der Waals surface area contributed by atoms with Crippen LogP contribution in [0.2, 0.25) is 5.02 Å². The average molecular weight is 335 g/mol. The van der Waals surface area contributed by atoms with E-state index in [9.17, 15) is 0 Å². The number of hydrogen-bond acceptors (Lipinski definition) is 3. The monoisotopic (exact) mass is 334 g/mol. The number of nitrogens with two attached hydrogens (primary N) is 1. The van der Waals surface area contributed by atoms with Crippen LogP contribution in [0.15, 0.2) is 59.6 Å². The maximum Gasteiger partial charge on any atom is 0.154 e. The molecule has 0 heterocycles. The number of halogens is 1. The van der Waals surface area contributed by atoms with Crippen molar-refractivity contribution in [2.24, 2.45) is 10.7 Å². The van der Waals surface area contributed by atoms with E-state index in [4.69, 9.17) is 22.1 Å². The first-order chi connectivity index (χ1) is 10.7. The molecular formula is C17H19ClN2OS. The summed E-state index contributed by atoms with van der Waals surface area (Å²) in [6.07, 6.45) is 0. The number of hydrogen-bond donors (Lipinski definition) is 1. The Hall–Kier alpha value is -1.65. The normalized spacial score (nSPS) is 12.9. The molecule has 0 bridgehead atoms. The van der Waals surface area contributed by atoms with Gasteiger partial charge in [0.05, 0.1) is 17.7 Å². The van der Waals surface area contributed by atoms with Crippen LogP contribution < -0.4 is 10.5 Å². The number of ether oxygens (including phenoxy) is 1. The van der Waals surface area contributed by atoms with Gasteiger partial charge in [-0.1, -0.05) is 65.8 Å². The van der Waals surface area contributed by atoms with E-state index in [0.717, 1.165) is 11.3 Å². The van der Waals surface area contributed by atoms with Crippen molar-refractivity contribution >= 4 is 28.5 Å². The molecule has 2 aromatic carbocycles. The zero-order valence-corrected chi connectivity index (χ0v) is 14.0. The highest BCUT2D eigenvalue weighted by atomic mass is 35.5. The largest absolute Gasteiger partial charge is 0.491 e. The Labute approximate surface area is 140 Å². The second-order valence-electron chi connectivity index (χ2n) is 4.68. The molecule has 0 fully saturated rings. The highest BCUT2D eigenvalue weighted by Crippen LogP contribution is 2.23. The molecule has 5 heteroatoms. The molecule has 0 aliphatic rings. The van der Waals surface area contributed by atoms with E-state index < -0.39 is 0 Å². The molecule has 3 nitrogen and oxygen atoms in total. The number of aliphatic imine (C=N–C) groups is 1. The van der Waals surface area contributed by atoms with Crippen LogP contribution in [0.5, 0.6) is 5.75 Å². The fraction of sp³-hybridized carbons (Fsp3) is 0.235. The second-order valence-corrected chi connectivity index (χ2v) is 6.20. The van der Waals surface area contributed by atoms with Gasteiger partial charge in [0.25, 0.3) is 0 Å². The molecule has 0 aromatic heterocycles. The Bertz CT molecular complexity index is 619. The lowest BCUT2D eigenvalue weighted by molar-refractivity contribution is 0.344. The minimum absolute atomic E-state index is 0.0539. The van der Waals surface area contributed by atoms with Crippen molar-refractivity contribution < 1.29 is 4.74 Å². The average Bonchev–Trinajstić information content (AvgIpc) is 2.54. The van der Waals surface area contributed by atoms with Gasteiger partial charge in [-0.2, -0.15) is 0 Å². The van der Waals surface area contributed by atoms with E-state index in [0.29, 0.717) is 22.5 Å². The summed E-state index contributed by atoms with van der Waals surface area (Å²) in [6, 6.07) is 17.6. The summed E-state index contributed by atoms with van der Waals surface area (Å²) in [5.41, 5.74) is 7.10. The van der Waals surface area contributed by atoms with Gasteiger partial charge < -0.3 is 10.5 Å². The molecule has 0 spiro atoms. The Morgan fingerprint density at radius 1 is 1.18 bits per heavy atom. The lowest BCUT2D eigenvalue weighted by Gasteiger charge is -2.09. The molecule has 0 aliphatic heterocycles. The molecule has 0 saturated heterocycles. The van der Waals surface area contributed by atoms with Crippen LogP contribution in [0.1, 0.15) is 18.5 Å².